The second-order valence-electron chi connectivity index (χ2n) is 4.85. The number of benzene rings is 1. The van der Waals surface area contributed by atoms with Gasteiger partial charge in [-0.05, 0) is 29.5 Å². The summed E-state index contributed by atoms with van der Waals surface area (Å²) in [6.45, 7) is 0.617. The predicted octanol–water partition coefficient (Wildman–Crippen LogP) is 1.17. The van der Waals surface area contributed by atoms with Crippen molar-refractivity contribution in [1.82, 2.24) is 9.88 Å². The molecule has 0 radical (unpaired) electrons. The largest absolute Gasteiger partial charge is 0.322 e. The van der Waals surface area contributed by atoms with E-state index in [2.05, 4.69) is 4.98 Å². The Morgan fingerprint density at radius 2 is 2.10 bits per heavy atom. The van der Waals surface area contributed by atoms with Crippen molar-refractivity contribution in [3.8, 4) is 0 Å². The summed E-state index contributed by atoms with van der Waals surface area (Å²) in [6.07, 6.45) is 3.78. The van der Waals surface area contributed by atoms with Gasteiger partial charge >= 0.3 is 0 Å². The molecule has 20 heavy (non-hydrogen) atoms. The van der Waals surface area contributed by atoms with Crippen molar-refractivity contribution < 1.29 is 4.79 Å². The fraction of sp³-hybridized carbons (Fsp3) is 0.286. The third kappa shape index (κ3) is 2.47. The van der Waals surface area contributed by atoms with E-state index in [1.807, 2.05) is 24.3 Å². The summed E-state index contributed by atoms with van der Waals surface area (Å²) < 4.78 is 0. The van der Waals surface area contributed by atoms with Crippen LogP contribution in [0.25, 0.3) is 10.8 Å². The normalized spacial score (nSPS) is 20.0. The first kappa shape index (κ1) is 14.7. The van der Waals surface area contributed by atoms with Crippen LogP contribution in [0.5, 0.6) is 0 Å². The Morgan fingerprint density at radius 1 is 1.30 bits per heavy atom. The van der Waals surface area contributed by atoms with Gasteiger partial charge in [-0.15, -0.1) is 12.4 Å². The minimum atomic E-state index is -0.439. The maximum atomic E-state index is 11.9. The average molecular weight is 293 g/mol. The van der Waals surface area contributed by atoms with Crippen LogP contribution in [0.15, 0.2) is 36.7 Å². The molecule has 1 aromatic heterocycles. The number of nitrogens with two attached hydrogens (primary N) is 2. The summed E-state index contributed by atoms with van der Waals surface area (Å²) in [5, 5.41) is 2.13. The zero-order valence-corrected chi connectivity index (χ0v) is 11.7. The lowest BCUT2D eigenvalue weighted by Gasteiger charge is -2.24. The van der Waals surface area contributed by atoms with Gasteiger partial charge in [0.1, 0.15) is 6.17 Å². The molecule has 1 aromatic carbocycles. The number of aromatic nitrogens is 1. The third-order valence-corrected chi connectivity index (χ3v) is 3.62. The van der Waals surface area contributed by atoms with Gasteiger partial charge in [-0.3, -0.25) is 9.78 Å². The van der Waals surface area contributed by atoms with Gasteiger partial charge in [-0.1, -0.05) is 12.1 Å². The first-order valence-corrected chi connectivity index (χ1v) is 6.32. The lowest BCUT2D eigenvalue weighted by molar-refractivity contribution is -0.130. The van der Waals surface area contributed by atoms with Crippen LogP contribution in [0.3, 0.4) is 0 Å². The number of carbonyl (C=O) groups excluding carboxylic acids is 1. The zero-order valence-electron chi connectivity index (χ0n) is 10.9. The molecule has 1 aliphatic heterocycles. The monoisotopic (exact) mass is 292 g/mol. The highest BCUT2D eigenvalue weighted by molar-refractivity contribution is 5.85. The van der Waals surface area contributed by atoms with E-state index in [0.29, 0.717) is 13.0 Å². The summed E-state index contributed by atoms with van der Waals surface area (Å²) in [7, 11) is 0. The van der Waals surface area contributed by atoms with Gasteiger partial charge in [-0.2, -0.15) is 0 Å². The van der Waals surface area contributed by atoms with Gasteiger partial charge in [0, 0.05) is 24.3 Å². The molecule has 1 amide bonds. The van der Waals surface area contributed by atoms with Gasteiger partial charge in [0.15, 0.2) is 0 Å². The Bertz CT molecular complexity index is 633. The minimum Gasteiger partial charge on any atom is -0.322 e. The van der Waals surface area contributed by atoms with Crippen LogP contribution in [0.4, 0.5) is 0 Å². The first-order chi connectivity index (χ1) is 9.16. The van der Waals surface area contributed by atoms with Gasteiger partial charge in [0.05, 0.1) is 6.04 Å². The predicted molar refractivity (Wildman–Crippen MR) is 80.2 cm³/mol. The Kier molecular flexibility index (Phi) is 4.23. The van der Waals surface area contributed by atoms with Crippen molar-refractivity contribution in [2.75, 3.05) is 6.54 Å². The summed E-state index contributed by atoms with van der Waals surface area (Å²) >= 11 is 0. The second-order valence-corrected chi connectivity index (χ2v) is 4.85. The molecule has 4 N–H and O–H groups in total. The molecule has 1 fully saturated rings. The lowest BCUT2D eigenvalue weighted by Crippen LogP contribution is -2.40. The molecule has 1 unspecified atom stereocenters. The van der Waals surface area contributed by atoms with Crippen molar-refractivity contribution in [3.63, 3.8) is 0 Å². The molecule has 3 rings (SSSR count). The van der Waals surface area contributed by atoms with Crippen LogP contribution in [-0.2, 0) is 4.79 Å². The fourth-order valence-electron chi connectivity index (χ4n) is 2.47. The molecule has 2 aromatic rings. The molecule has 6 heteroatoms. The molecule has 1 aliphatic rings. The summed E-state index contributed by atoms with van der Waals surface area (Å²) in [6, 6.07) is 7.45. The lowest BCUT2D eigenvalue weighted by atomic mass is 10.1. The standard InChI is InChI=1S/C14H16N4O.ClH/c15-12-4-6-18(14(12)19)13(16)10-2-1-9-3-5-17-8-11(9)7-10;/h1-3,5,7-8,12-13H,4,6,15-16H2;1H/t12-,13?;/m0./s1. The highest BCUT2D eigenvalue weighted by Crippen LogP contribution is 2.24. The van der Waals surface area contributed by atoms with E-state index in [-0.39, 0.29) is 18.3 Å². The van der Waals surface area contributed by atoms with Crippen molar-refractivity contribution in [1.29, 1.82) is 0 Å². The molecule has 2 heterocycles. The number of hydrogen-bond donors (Lipinski definition) is 2. The van der Waals surface area contributed by atoms with Crippen LogP contribution >= 0.6 is 12.4 Å². The number of pyridine rings is 1. The maximum Gasteiger partial charge on any atom is 0.241 e. The number of carbonyl (C=O) groups is 1. The van der Waals surface area contributed by atoms with Crippen LogP contribution in [-0.4, -0.2) is 28.4 Å². The van der Waals surface area contributed by atoms with Gasteiger partial charge in [-0.25, -0.2) is 0 Å². The van der Waals surface area contributed by atoms with E-state index in [1.165, 1.54) is 0 Å². The summed E-state index contributed by atoms with van der Waals surface area (Å²) in [4.78, 5) is 17.6. The van der Waals surface area contributed by atoms with E-state index in [1.54, 1.807) is 17.3 Å². The van der Waals surface area contributed by atoms with Crippen LogP contribution in [0.2, 0.25) is 0 Å². The number of rotatable bonds is 2. The van der Waals surface area contributed by atoms with Crippen molar-refractivity contribution >= 4 is 29.1 Å². The highest BCUT2D eigenvalue weighted by Gasteiger charge is 2.32. The number of halogens is 1. The zero-order chi connectivity index (χ0) is 13.4. The SMILES string of the molecule is Cl.NC(c1ccc2ccncc2c1)N1CC[C@H](N)C1=O. The highest BCUT2D eigenvalue weighted by atomic mass is 35.5. The van der Waals surface area contributed by atoms with Crippen molar-refractivity contribution in [2.24, 2.45) is 11.5 Å². The van der Waals surface area contributed by atoms with Gasteiger partial charge < -0.3 is 16.4 Å². The molecule has 0 aliphatic carbocycles. The number of hydrogen-bond acceptors (Lipinski definition) is 4. The molecule has 0 saturated carbocycles. The Morgan fingerprint density at radius 3 is 2.80 bits per heavy atom. The Labute approximate surface area is 123 Å². The average Bonchev–Trinajstić information content (AvgIpc) is 2.78. The summed E-state index contributed by atoms with van der Waals surface area (Å²) in [5.74, 6) is -0.0706. The van der Waals surface area contributed by atoms with E-state index >= 15 is 0 Å². The number of likely N-dealkylation sites (tertiary alicyclic amines) is 1. The molecule has 5 nitrogen and oxygen atoms in total. The van der Waals surface area contributed by atoms with E-state index in [9.17, 15) is 4.79 Å². The molecule has 0 spiro atoms. The van der Waals surface area contributed by atoms with Crippen molar-refractivity contribution in [3.05, 3.63) is 42.2 Å². The summed E-state index contributed by atoms with van der Waals surface area (Å²) in [5.41, 5.74) is 12.8. The fourth-order valence-corrected chi connectivity index (χ4v) is 2.47. The van der Waals surface area contributed by atoms with Crippen molar-refractivity contribution in [2.45, 2.75) is 18.6 Å². The molecule has 1 saturated heterocycles. The Balaban J connectivity index is 0.00000147. The molecule has 106 valence electrons. The molecule has 2 atom stereocenters. The van der Waals surface area contributed by atoms with E-state index < -0.39 is 12.2 Å². The quantitative estimate of drug-likeness (QED) is 0.870. The topological polar surface area (TPSA) is 85.2 Å². The smallest absolute Gasteiger partial charge is 0.241 e. The second kappa shape index (κ2) is 5.75. The number of fused-ring (bicyclic) bond motifs is 1. The molecule has 0 bridgehead atoms. The maximum absolute atomic E-state index is 11.9. The van der Waals surface area contributed by atoms with Crippen LogP contribution < -0.4 is 11.5 Å². The van der Waals surface area contributed by atoms with Gasteiger partial charge in [0.2, 0.25) is 5.91 Å². The van der Waals surface area contributed by atoms with E-state index in [0.717, 1.165) is 16.3 Å². The number of nitrogens with zero attached hydrogens (tertiary/aromatic N) is 2. The van der Waals surface area contributed by atoms with Crippen LogP contribution in [0, 0.1) is 0 Å². The Hall–Kier alpha value is -1.69. The van der Waals surface area contributed by atoms with Crippen LogP contribution in [0.1, 0.15) is 18.2 Å². The molecular formula is C14H17ClN4O. The number of amides is 1. The molecular weight excluding hydrogens is 276 g/mol. The first-order valence-electron chi connectivity index (χ1n) is 6.32. The van der Waals surface area contributed by atoms with E-state index in [4.69, 9.17) is 11.5 Å². The third-order valence-electron chi connectivity index (χ3n) is 3.62. The minimum absolute atomic E-state index is 0. The van der Waals surface area contributed by atoms with Gasteiger partial charge in [0.25, 0.3) is 0 Å².